The van der Waals surface area contributed by atoms with Crippen LogP contribution in [0.4, 0.5) is 4.39 Å². The fourth-order valence-corrected chi connectivity index (χ4v) is 3.28. The van der Waals surface area contributed by atoms with E-state index in [1.165, 1.54) is 14.0 Å². The lowest BCUT2D eigenvalue weighted by atomic mass is 9.98. The third-order valence-corrected chi connectivity index (χ3v) is 4.48. The van der Waals surface area contributed by atoms with Crippen LogP contribution < -0.4 is 4.72 Å². The molecular formula is C13H18FNO4S. The van der Waals surface area contributed by atoms with Crippen molar-refractivity contribution in [2.24, 2.45) is 0 Å². The van der Waals surface area contributed by atoms with Crippen molar-refractivity contribution >= 4 is 16.0 Å². The van der Waals surface area contributed by atoms with Crippen LogP contribution >= 0.6 is 0 Å². The Morgan fingerprint density at radius 1 is 1.35 bits per heavy atom. The Bertz CT molecular complexity index is 571. The van der Waals surface area contributed by atoms with E-state index in [0.717, 1.165) is 24.3 Å². The molecule has 0 spiro atoms. The summed E-state index contributed by atoms with van der Waals surface area (Å²) in [5, 5.41) is 0. The minimum atomic E-state index is -3.93. The van der Waals surface area contributed by atoms with Crippen LogP contribution in [0.5, 0.6) is 0 Å². The Morgan fingerprint density at radius 2 is 1.90 bits per heavy atom. The highest BCUT2D eigenvalue weighted by Crippen LogP contribution is 2.19. The zero-order chi connectivity index (χ0) is 15.4. The van der Waals surface area contributed by atoms with E-state index in [-0.39, 0.29) is 4.90 Å². The Balaban J connectivity index is 3.09. The summed E-state index contributed by atoms with van der Waals surface area (Å²) in [4.78, 5) is 11.7. The van der Waals surface area contributed by atoms with Gasteiger partial charge in [-0.25, -0.2) is 12.8 Å². The predicted molar refractivity (Wildman–Crippen MR) is 72.1 cm³/mol. The molecule has 20 heavy (non-hydrogen) atoms. The monoisotopic (exact) mass is 303 g/mol. The minimum Gasteiger partial charge on any atom is -0.468 e. The minimum absolute atomic E-state index is 0.106. The molecule has 0 saturated heterocycles. The molecule has 5 nitrogen and oxygen atoms in total. The zero-order valence-corrected chi connectivity index (χ0v) is 12.5. The highest BCUT2D eigenvalue weighted by molar-refractivity contribution is 7.89. The number of carbonyl (C=O) groups is 1. The first-order valence-corrected chi connectivity index (χ1v) is 7.61. The van der Waals surface area contributed by atoms with Gasteiger partial charge in [-0.2, -0.15) is 4.72 Å². The Kier molecular flexibility index (Phi) is 5.24. The number of halogens is 1. The first kappa shape index (κ1) is 16.6. The fraction of sp³-hybridized carbons (Fsp3) is 0.462. The maximum atomic E-state index is 12.8. The van der Waals surface area contributed by atoms with Gasteiger partial charge >= 0.3 is 5.97 Å². The van der Waals surface area contributed by atoms with Crippen LogP contribution in [0, 0.1) is 5.82 Å². The number of ether oxygens (including phenoxy) is 1. The molecule has 0 aliphatic rings. The molecule has 1 N–H and O–H groups in total. The van der Waals surface area contributed by atoms with E-state index in [2.05, 4.69) is 9.46 Å². The van der Waals surface area contributed by atoms with Crippen molar-refractivity contribution in [1.82, 2.24) is 4.72 Å². The summed E-state index contributed by atoms with van der Waals surface area (Å²) in [6.07, 6.45) is 0.887. The topological polar surface area (TPSA) is 72.5 Å². The molecule has 0 amide bonds. The predicted octanol–water partition coefficient (Wildman–Crippen LogP) is 1.84. The molecule has 1 unspecified atom stereocenters. The molecule has 112 valence electrons. The van der Waals surface area contributed by atoms with Crippen LogP contribution in [0.15, 0.2) is 29.2 Å². The number of esters is 1. The Hall–Kier alpha value is -1.47. The lowest BCUT2D eigenvalue weighted by Crippen LogP contribution is -2.52. The number of methoxy groups -OCH3 is 1. The summed E-state index contributed by atoms with van der Waals surface area (Å²) in [7, 11) is -2.73. The van der Waals surface area contributed by atoms with Crippen molar-refractivity contribution in [3.05, 3.63) is 30.1 Å². The molecule has 0 bridgehead atoms. The molecule has 7 heteroatoms. The van der Waals surface area contributed by atoms with Crippen molar-refractivity contribution in [3.63, 3.8) is 0 Å². The summed E-state index contributed by atoms with van der Waals surface area (Å²) in [5.74, 6) is -1.20. The van der Waals surface area contributed by atoms with Crippen molar-refractivity contribution in [2.45, 2.75) is 37.1 Å². The molecule has 0 radical (unpaired) electrons. The fourth-order valence-electron chi connectivity index (χ4n) is 1.89. The summed E-state index contributed by atoms with van der Waals surface area (Å²) in [5.41, 5.74) is -1.35. The molecule has 1 aromatic rings. The van der Waals surface area contributed by atoms with Crippen molar-refractivity contribution in [3.8, 4) is 0 Å². The molecule has 1 aromatic carbocycles. The molecule has 0 aliphatic carbocycles. The summed E-state index contributed by atoms with van der Waals surface area (Å²) in [6, 6.07) is 4.37. The number of nitrogens with one attached hydrogen (secondary N) is 1. The molecule has 1 atom stereocenters. The van der Waals surface area contributed by atoms with Crippen LogP contribution in [0.1, 0.15) is 26.7 Å². The molecule has 0 heterocycles. The van der Waals surface area contributed by atoms with Crippen molar-refractivity contribution < 1.29 is 22.3 Å². The average molecular weight is 303 g/mol. The SMILES string of the molecule is CCCC(C)(NS(=O)(=O)c1ccc(F)cc1)C(=O)OC. The number of sulfonamides is 1. The summed E-state index contributed by atoms with van der Waals surface area (Å²) >= 11 is 0. The van der Waals surface area contributed by atoms with Crippen LogP contribution in [0.3, 0.4) is 0 Å². The molecular weight excluding hydrogens is 285 g/mol. The van der Waals surface area contributed by atoms with E-state index in [9.17, 15) is 17.6 Å². The maximum Gasteiger partial charge on any atom is 0.326 e. The summed E-state index contributed by atoms with van der Waals surface area (Å²) in [6.45, 7) is 3.29. The van der Waals surface area contributed by atoms with E-state index in [0.29, 0.717) is 12.8 Å². The number of hydrogen-bond donors (Lipinski definition) is 1. The van der Waals surface area contributed by atoms with Gasteiger partial charge in [0.05, 0.1) is 12.0 Å². The van der Waals surface area contributed by atoms with Gasteiger partial charge in [0.1, 0.15) is 11.4 Å². The van der Waals surface area contributed by atoms with E-state index < -0.39 is 27.3 Å². The van der Waals surface area contributed by atoms with Crippen LogP contribution in [0.25, 0.3) is 0 Å². The van der Waals surface area contributed by atoms with E-state index in [4.69, 9.17) is 0 Å². The van der Waals surface area contributed by atoms with Crippen molar-refractivity contribution in [1.29, 1.82) is 0 Å². The third-order valence-electron chi connectivity index (χ3n) is 2.87. The van der Waals surface area contributed by atoms with Gasteiger partial charge in [0.25, 0.3) is 0 Å². The van der Waals surface area contributed by atoms with Gasteiger partial charge < -0.3 is 4.74 Å². The van der Waals surface area contributed by atoms with Crippen molar-refractivity contribution in [2.75, 3.05) is 7.11 Å². The standard InChI is InChI=1S/C13H18FNO4S/c1-4-9-13(2,12(16)19-3)15-20(17,18)11-7-5-10(14)6-8-11/h5-8,15H,4,9H2,1-3H3. The number of rotatable bonds is 6. The van der Waals surface area contributed by atoms with Gasteiger partial charge in [-0.1, -0.05) is 13.3 Å². The third kappa shape index (κ3) is 3.77. The largest absolute Gasteiger partial charge is 0.468 e. The highest BCUT2D eigenvalue weighted by atomic mass is 32.2. The summed E-state index contributed by atoms with van der Waals surface area (Å²) < 4.78 is 44.2. The quantitative estimate of drug-likeness (QED) is 0.814. The average Bonchev–Trinajstić information content (AvgIpc) is 2.37. The second kappa shape index (κ2) is 6.32. The Labute approximate surface area is 118 Å². The molecule has 1 rings (SSSR count). The highest BCUT2D eigenvalue weighted by Gasteiger charge is 2.38. The van der Waals surface area contributed by atoms with E-state index in [1.54, 1.807) is 0 Å². The lowest BCUT2D eigenvalue weighted by Gasteiger charge is -2.27. The van der Waals surface area contributed by atoms with Gasteiger partial charge in [-0.3, -0.25) is 4.79 Å². The first-order valence-electron chi connectivity index (χ1n) is 6.13. The van der Waals surface area contributed by atoms with Gasteiger partial charge in [0.15, 0.2) is 0 Å². The van der Waals surface area contributed by atoms with E-state index in [1.807, 2.05) is 6.92 Å². The number of benzene rings is 1. The van der Waals surface area contributed by atoms with Crippen LogP contribution in [-0.4, -0.2) is 27.0 Å². The van der Waals surface area contributed by atoms with Crippen LogP contribution in [0.2, 0.25) is 0 Å². The van der Waals surface area contributed by atoms with Crippen LogP contribution in [-0.2, 0) is 19.6 Å². The molecule has 0 aliphatic heterocycles. The van der Waals surface area contributed by atoms with Gasteiger partial charge in [0.2, 0.25) is 10.0 Å². The molecule has 0 saturated carbocycles. The molecule has 0 fully saturated rings. The smallest absolute Gasteiger partial charge is 0.326 e. The number of hydrogen-bond acceptors (Lipinski definition) is 4. The molecule has 0 aromatic heterocycles. The van der Waals surface area contributed by atoms with Gasteiger partial charge in [-0.05, 0) is 37.6 Å². The lowest BCUT2D eigenvalue weighted by molar-refractivity contribution is -0.147. The normalized spacial score (nSPS) is 14.6. The maximum absolute atomic E-state index is 12.8. The van der Waals surface area contributed by atoms with Gasteiger partial charge in [-0.15, -0.1) is 0 Å². The Morgan fingerprint density at radius 3 is 2.35 bits per heavy atom. The van der Waals surface area contributed by atoms with Gasteiger partial charge in [0, 0.05) is 0 Å². The second-order valence-corrected chi connectivity index (χ2v) is 6.32. The van der Waals surface area contributed by atoms with E-state index >= 15 is 0 Å². The first-order chi connectivity index (χ1) is 9.25. The second-order valence-electron chi connectivity index (χ2n) is 4.63. The number of carbonyl (C=O) groups excluding carboxylic acids is 1. The zero-order valence-electron chi connectivity index (χ0n) is 11.6.